The summed E-state index contributed by atoms with van der Waals surface area (Å²) in [6, 6.07) is 0. The lowest BCUT2D eigenvalue weighted by Gasteiger charge is -2.18. The summed E-state index contributed by atoms with van der Waals surface area (Å²) in [5.41, 5.74) is -0.114. The molecule has 1 N–H and O–H groups in total. The van der Waals surface area contributed by atoms with Gasteiger partial charge in [-0.05, 0) is 25.9 Å². The minimum atomic E-state index is -1.11. The number of hydrogen-bond acceptors (Lipinski definition) is 4. The van der Waals surface area contributed by atoms with Crippen molar-refractivity contribution in [1.82, 2.24) is 14.9 Å². The average Bonchev–Trinajstić information content (AvgIpc) is 2.60. The molecule has 0 amide bonds. The minimum Gasteiger partial charge on any atom is -0.476 e. The number of aromatic nitrogens is 2. The lowest BCUT2D eigenvalue weighted by atomic mass is 10.2. The topological polar surface area (TPSA) is 66.3 Å². The van der Waals surface area contributed by atoms with Gasteiger partial charge >= 0.3 is 5.97 Å². The molecule has 5 nitrogen and oxygen atoms in total. The maximum Gasteiger partial charge on any atom is 0.356 e. The molecule has 6 heteroatoms. The maximum absolute atomic E-state index is 10.9. The fourth-order valence-electron chi connectivity index (χ4n) is 2.12. The Labute approximate surface area is 111 Å². The van der Waals surface area contributed by atoms with Crippen LogP contribution in [0, 0.1) is 0 Å². The highest BCUT2D eigenvalue weighted by atomic mass is 35.5. The van der Waals surface area contributed by atoms with Crippen LogP contribution in [0.5, 0.6) is 0 Å². The van der Waals surface area contributed by atoms with Crippen LogP contribution in [-0.4, -0.2) is 39.0 Å². The number of carboxylic acids is 1. The smallest absolute Gasteiger partial charge is 0.356 e. The van der Waals surface area contributed by atoms with Crippen molar-refractivity contribution in [1.29, 1.82) is 0 Å². The van der Waals surface area contributed by atoms with Gasteiger partial charge in [-0.25, -0.2) is 14.8 Å². The van der Waals surface area contributed by atoms with E-state index in [0.717, 1.165) is 13.1 Å². The molecule has 0 unspecified atom stereocenters. The van der Waals surface area contributed by atoms with E-state index < -0.39 is 5.97 Å². The van der Waals surface area contributed by atoms with E-state index in [4.69, 9.17) is 16.7 Å². The van der Waals surface area contributed by atoms with Crippen LogP contribution in [0.2, 0.25) is 5.02 Å². The van der Waals surface area contributed by atoms with Crippen LogP contribution < -0.4 is 0 Å². The van der Waals surface area contributed by atoms with E-state index in [1.54, 1.807) is 0 Å². The van der Waals surface area contributed by atoms with Gasteiger partial charge in [-0.1, -0.05) is 24.4 Å². The third kappa shape index (κ3) is 3.40. The summed E-state index contributed by atoms with van der Waals surface area (Å²) in [7, 11) is 0. The van der Waals surface area contributed by atoms with Gasteiger partial charge in [-0.2, -0.15) is 0 Å². The number of halogens is 1. The minimum absolute atomic E-state index is 0.0853. The monoisotopic (exact) mass is 269 g/mol. The molecule has 2 heterocycles. The van der Waals surface area contributed by atoms with E-state index in [2.05, 4.69) is 14.9 Å². The molecule has 98 valence electrons. The first kappa shape index (κ1) is 13.2. The predicted molar refractivity (Wildman–Crippen MR) is 67.7 cm³/mol. The van der Waals surface area contributed by atoms with Gasteiger partial charge in [0.05, 0.1) is 17.8 Å². The molecule has 0 aromatic carbocycles. The van der Waals surface area contributed by atoms with E-state index >= 15 is 0 Å². The lowest BCUT2D eigenvalue weighted by Crippen LogP contribution is -2.25. The predicted octanol–water partition coefficient (Wildman–Crippen LogP) is 2.20. The normalized spacial score (nSPS) is 17.4. The molecule has 1 aliphatic rings. The molecule has 0 spiro atoms. The zero-order chi connectivity index (χ0) is 13.0. The van der Waals surface area contributed by atoms with E-state index in [1.807, 2.05) is 0 Å². The number of rotatable bonds is 3. The largest absolute Gasteiger partial charge is 0.476 e. The molecule has 1 aromatic rings. The highest BCUT2D eigenvalue weighted by molar-refractivity contribution is 6.33. The van der Waals surface area contributed by atoms with Crippen LogP contribution in [0.4, 0.5) is 0 Å². The highest BCUT2D eigenvalue weighted by Gasteiger charge is 2.15. The first-order valence-corrected chi connectivity index (χ1v) is 6.51. The number of nitrogens with zero attached hydrogens (tertiary/aromatic N) is 3. The Morgan fingerprint density at radius 3 is 2.61 bits per heavy atom. The Balaban J connectivity index is 2.08. The van der Waals surface area contributed by atoms with Gasteiger partial charge in [0.25, 0.3) is 0 Å². The second kappa shape index (κ2) is 6.11. The van der Waals surface area contributed by atoms with Crippen LogP contribution in [0.1, 0.15) is 42.0 Å². The van der Waals surface area contributed by atoms with Crippen molar-refractivity contribution in [2.75, 3.05) is 13.1 Å². The molecule has 1 fully saturated rings. The van der Waals surface area contributed by atoms with Crippen molar-refractivity contribution < 1.29 is 9.90 Å². The van der Waals surface area contributed by atoms with Gasteiger partial charge in [-0.15, -0.1) is 0 Å². The van der Waals surface area contributed by atoms with Crippen molar-refractivity contribution in [3.8, 4) is 0 Å². The third-order valence-corrected chi connectivity index (χ3v) is 3.34. The highest BCUT2D eigenvalue weighted by Crippen LogP contribution is 2.15. The first-order valence-electron chi connectivity index (χ1n) is 6.14. The summed E-state index contributed by atoms with van der Waals surface area (Å²) in [5, 5.41) is 9.04. The van der Waals surface area contributed by atoms with E-state index in [1.165, 1.54) is 31.9 Å². The van der Waals surface area contributed by atoms with E-state index in [0.29, 0.717) is 12.4 Å². The number of carbonyl (C=O) groups is 1. The molecule has 0 atom stereocenters. The van der Waals surface area contributed by atoms with Crippen molar-refractivity contribution in [3.05, 3.63) is 22.7 Å². The Morgan fingerprint density at radius 1 is 1.33 bits per heavy atom. The fraction of sp³-hybridized carbons (Fsp3) is 0.583. The molecule has 0 bridgehead atoms. The third-order valence-electron chi connectivity index (χ3n) is 3.06. The molecule has 0 saturated carbocycles. The number of aromatic carboxylic acids is 1. The Bertz CT molecular complexity index is 431. The van der Waals surface area contributed by atoms with Crippen LogP contribution in [0.15, 0.2) is 6.20 Å². The van der Waals surface area contributed by atoms with Gasteiger partial charge in [-0.3, -0.25) is 4.90 Å². The second-order valence-corrected chi connectivity index (χ2v) is 4.89. The molecular formula is C12H16ClN3O2. The van der Waals surface area contributed by atoms with Crippen molar-refractivity contribution in [2.45, 2.75) is 32.2 Å². The van der Waals surface area contributed by atoms with Gasteiger partial charge in [0.15, 0.2) is 5.69 Å². The molecular weight excluding hydrogens is 254 g/mol. The summed E-state index contributed by atoms with van der Waals surface area (Å²) >= 11 is 5.74. The Morgan fingerprint density at radius 2 is 2.00 bits per heavy atom. The standard InChI is InChI=1S/C12H16ClN3O2/c13-9-7-14-10(15-11(9)12(17)18)8-16-5-3-1-2-4-6-16/h7H,1-6,8H2,(H,17,18). The quantitative estimate of drug-likeness (QED) is 0.911. The molecule has 0 aliphatic carbocycles. The summed E-state index contributed by atoms with van der Waals surface area (Å²) in [6.45, 7) is 2.64. The summed E-state index contributed by atoms with van der Waals surface area (Å²) in [4.78, 5) is 21.3. The van der Waals surface area contributed by atoms with Crippen molar-refractivity contribution in [3.63, 3.8) is 0 Å². The zero-order valence-electron chi connectivity index (χ0n) is 10.1. The van der Waals surface area contributed by atoms with Gasteiger partial charge in [0.2, 0.25) is 0 Å². The number of likely N-dealkylation sites (tertiary alicyclic amines) is 1. The Hall–Kier alpha value is -1.20. The maximum atomic E-state index is 10.9. The molecule has 18 heavy (non-hydrogen) atoms. The summed E-state index contributed by atoms with van der Waals surface area (Å²) in [6.07, 6.45) is 6.25. The van der Waals surface area contributed by atoms with E-state index in [9.17, 15) is 4.79 Å². The van der Waals surface area contributed by atoms with Crippen LogP contribution in [0.3, 0.4) is 0 Å². The molecule has 2 rings (SSSR count). The van der Waals surface area contributed by atoms with Crippen molar-refractivity contribution in [2.24, 2.45) is 0 Å². The van der Waals surface area contributed by atoms with Gasteiger partial charge in [0, 0.05) is 0 Å². The first-order chi connectivity index (χ1) is 8.66. The Kier molecular flexibility index (Phi) is 4.49. The van der Waals surface area contributed by atoms with Crippen molar-refractivity contribution >= 4 is 17.6 Å². The SMILES string of the molecule is O=C(O)c1nc(CN2CCCCCC2)ncc1Cl. The summed E-state index contributed by atoms with van der Waals surface area (Å²) < 4.78 is 0. The molecule has 1 saturated heterocycles. The van der Waals surface area contributed by atoms with E-state index in [-0.39, 0.29) is 10.7 Å². The van der Waals surface area contributed by atoms with Gasteiger partial charge in [0.1, 0.15) is 5.82 Å². The average molecular weight is 270 g/mol. The zero-order valence-corrected chi connectivity index (χ0v) is 10.9. The molecule has 1 aliphatic heterocycles. The fourth-order valence-corrected chi connectivity index (χ4v) is 2.30. The number of carboxylic acid groups (broad SMARTS) is 1. The van der Waals surface area contributed by atoms with Crippen LogP contribution in [0.25, 0.3) is 0 Å². The van der Waals surface area contributed by atoms with Crippen LogP contribution >= 0.6 is 11.6 Å². The summed E-state index contributed by atoms with van der Waals surface area (Å²) in [5.74, 6) is -0.585. The lowest BCUT2D eigenvalue weighted by molar-refractivity contribution is 0.0689. The molecule has 0 radical (unpaired) electrons. The second-order valence-electron chi connectivity index (χ2n) is 4.48. The van der Waals surface area contributed by atoms with Crippen LogP contribution in [-0.2, 0) is 6.54 Å². The number of hydrogen-bond donors (Lipinski definition) is 1. The van der Waals surface area contributed by atoms with Gasteiger partial charge < -0.3 is 5.11 Å². The molecule has 1 aromatic heterocycles.